The number of nitrogens with zero attached hydrogens (tertiary/aromatic N) is 2. The minimum Gasteiger partial charge on any atom is -0.497 e. The van der Waals surface area contributed by atoms with Crippen LogP contribution in [0.2, 0.25) is 0 Å². The van der Waals surface area contributed by atoms with Crippen molar-refractivity contribution in [2.24, 2.45) is 0 Å². The molecule has 1 aromatic carbocycles. The van der Waals surface area contributed by atoms with Crippen LogP contribution in [0.1, 0.15) is 18.5 Å². The fourth-order valence-corrected chi connectivity index (χ4v) is 1.51. The molecule has 0 fully saturated rings. The van der Waals surface area contributed by atoms with Gasteiger partial charge in [0, 0.05) is 0 Å². The molecule has 1 heterocycles. The summed E-state index contributed by atoms with van der Waals surface area (Å²) in [5.74, 6) is 1.63. The summed E-state index contributed by atoms with van der Waals surface area (Å²) in [4.78, 5) is 3.99. The number of nitrogens with two attached hydrogens (primary N) is 1. The Bertz CT molecular complexity index is 479. The molecule has 6 heteroatoms. The lowest BCUT2D eigenvalue weighted by Gasteiger charge is -2.12. The molecule has 0 saturated heterocycles. The Hall–Kier alpha value is -2.24. The highest BCUT2D eigenvalue weighted by molar-refractivity contribution is 5.36. The molecular formula is C11H15N5O. The molecule has 0 saturated carbocycles. The first-order valence-electron chi connectivity index (χ1n) is 5.27. The predicted octanol–water partition coefficient (Wildman–Crippen LogP) is 1.57. The number of nitrogens with one attached hydrogen (secondary N) is 2. The van der Waals surface area contributed by atoms with Crippen molar-refractivity contribution in [1.82, 2.24) is 15.2 Å². The molecule has 0 aliphatic rings. The van der Waals surface area contributed by atoms with Crippen molar-refractivity contribution in [2.75, 3.05) is 18.2 Å². The number of aromatic amines is 1. The molecule has 0 aliphatic heterocycles. The van der Waals surface area contributed by atoms with Crippen LogP contribution >= 0.6 is 0 Å². The molecule has 1 aromatic heterocycles. The maximum Gasteiger partial charge on any atom is 0.244 e. The molecule has 6 nitrogen and oxygen atoms in total. The van der Waals surface area contributed by atoms with E-state index in [1.54, 1.807) is 7.11 Å². The van der Waals surface area contributed by atoms with Gasteiger partial charge in [0.2, 0.25) is 11.9 Å². The molecule has 0 aliphatic carbocycles. The zero-order chi connectivity index (χ0) is 12.3. The zero-order valence-corrected chi connectivity index (χ0v) is 9.77. The van der Waals surface area contributed by atoms with Gasteiger partial charge in [-0.2, -0.15) is 4.98 Å². The molecule has 0 radical (unpaired) electrons. The maximum atomic E-state index is 5.45. The van der Waals surface area contributed by atoms with E-state index in [4.69, 9.17) is 10.5 Å². The van der Waals surface area contributed by atoms with Crippen LogP contribution in [-0.2, 0) is 0 Å². The van der Waals surface area contributed by atoms with Crippen LogP contribution < -0.4 is 15.8 Å². The van der Waals surface area contributed by atoms with E-state index in [9.17, 15) is 0 Å². The highest BCUT2D eigenvalue weighted by atomic mass is 16.5. The van der Waals surface area contributed by atoms with Crippen LogP contribution in [-0.4, -0.2) is 22.3 Å². The summed E-state index contributed by atoms with van der Waals surface area (Å²) < 4.78 is 5.10. The van der Waals surface area contributed by atoms with E-state index >= 15 is 0 Å². The van der Waals surface area contributed by atoms with E-state index in [0.29, 0.717) is 11.9 Å². The molecule has 0 amide bonds. The Labute approximate surface area is 99.2 Å². The maximum absolute atomic E-state index is 5.45. The number of aromatic nitrogens is 3. The lowest BCUT2D eigenvalue weighted by Crippen LogP contribution is -2.07. The number of methoxy groups -OCH3 is 1. The fourth-order valence-electron chi connectivity index (χ4n) is 1.51. The molecule has 0 spiro atoms. The fraction of sp³-hybridized carbons (Fsp3) is 0.273. The van der Waals surface area contributed by atoms with Crippen molar-refractivity contribution in [3.63, 3.8) is 0 Å². The molecule has 90 valence electrons. The van der Waals surface area contributed by atoms with Crippen molar-refractivity contribution in [3.05, 3.63) is 29.8 Å². The van der Waals surface area contributed by atoms with Gasteiger partial charge in [0.25, 0.3) is 0 Å². The summed E-state index contributed by atoms with van der Waals surface area (Å²) in [5.41, 5.74) is 6.56. The molecule has 0 bridgehead atoms. The first-order valence-corrected chi connectivity index (χ1v) is 5.27. The molecule has 1 unspecified atom stereocenters. The van der Waals surface area contributed by atoms with Gasteiger partial charge in [-0.15, -0.1) is 5.10 Å². The Morgan fingerprint density at radius 3 is 2.59 bits per heavy atom. The SMILES string of the molecule is COc1ccc(C(C)Nc2n[nH]c(N)n2)cc1. The third kappa shape index (κ3) is 2.66. The van der Waals surface area contributed by atoms with Gasteiger partial charge in [0.1, 0.15) is 5.75 Å². The van der Waals surface area contributed by atoms with Gasteiger partial charge < -0.3 is 15.8 Å². The van der Waals surface area contributed by atoms with Gasteiger partial charge in [-0.25, -0.2) is 5.10 Å². The van der Waals surface area contributed by atoms with E-state index < -0.39 is 0 Å². The second kappa shape index (κ2) is 4.73. The molecule has 2 rings (SSSR count). The Balaban J connectivity index is 2.06. The second-order valence-electron chi connectivity index (χ2n) is 3.68. The standard InChI is InChI=1S/C11H15N5O/c1-7(13-11-14-10(12)15-16-11)8-3-5-9(17-2)6-4-8/h3-7H,1-2H3,(H4,12,13,14,15,16). The average molecular weight is 233 g/mol. The Morgan fingerprint density at radius 1 is 1.35 bits per heavy atom. The summed E-state index contributed by atoms with van der Waals surface area (Å²) in [5, 5.41) is 9.64. The van der Waals surface area contributed by atoms with Crippen molar-refractivity contribution in [2.45, 2.75) is 13.0 Å². The third-order valence-electron chi connectivity index (χ3n) is 2.46. The Morgan fingerprint density at radius 2 is 2.06 bits per heavy atom. The molecule has 2 aromatic rings. The lowest BCUT2D eigenvalue weighted by molar-refractivity contribution is 0.414. The van der Waals surface area contributed by atoms with Crippen LogP contribution in [0.5, 0.6) is 5.75 Å². The lowest BCUT2D eigenvalue weighted by atomic mass is 10.1. The molecule has 4 N–H and O–H groups in total. The van der Waals surface area contributed by atoms with Crippen molar-refractivity contribution in [3.8, 4) is 5.75 Å². The zero-order valence-electron chi connectivity index (χ0n) is 9.77. The summed E-state index contributed by atoms with van der Waals surface area (Å²) in [6.07, 6.45) is 0. The minimum atomic E-state index is 0.0936. The first kappa shape index (κ1) is 11.3. The van der Waals surface area contributed by atoms with Gasteiger partial charge >= 0.3 is 0 Å². The second-order valence-corrected chi connectivity index (χ2v) is 3.68. The molecule has 1 atom stereocenters. The number of rotatable bonds is 4. The van der Waals surface area contributed by atoms with Crippen LogP contribution in [0.25, 0.3) is 0 Å². The average Bonchev–Trinajstić information content (AvgIpc) is 2.75. The van der Waals surface area contributed by atoms with E-state index in [0.717, 1.165) is 11.3 Å². The van der Waals surface area contributed by atoms with Gasteiger partial charge in [0.05, 0.1) is 13.2 Å². The number of hydrogen-bond acceptors (Lipinski definition) is 5. The van der Waals surface area contributed by atoms with Gasteiger partial charge in [-0.1, -0.05) is 12.1 Å². The monoisotopic (exact) mass is 233 g/mol. The topological polar surface area (TPSA) is 88.8 Å². The highest BCUT2D eigenvalue weighted by Gasteiger charge is 2.08. The third-order valence-corrected chi connectivity index (χ3v) is 2.46. The van der Waals surface area contributed by atoms with Crippen LogP contribution in [0.4, 0.5) is 11.9 Å². The van der Waals surface area contributed by atoms with Crippen LogP contribution in [0.15, 0.2) is 24.3 Å². The Kier molecular flexibility index (Phi) is 3.13. The number of nitrogen functional groups attached to an aromatic ring is 1. The van der Waals surface area contributed by atoms with Crippen LogP contribution in [0, 0.1) is 0 Å². The van der Waals surface area contributed by atoms with E-state index in [1.807, 2.05) is 31.2 Å². The summed E-state index contributed by atoms with van der Waals surface area (Å²) in [6.45, 7) is 2.02. The van der Waals surface area contributed by atoms with E-state index in [2.05, 4.69) is 20.5 Å². The van der Waals surface area contributed by atoms with E-state index in [-0.39, 0.29) is 6.04 Å². The number of ether oxygens (including phenoxy) is 1. The van der Waals surface area contributed by atoms with Crippen molar-refractivity contribution < 1.29 is 4.74 Å². The smallest absolute Gasteiger partial charge is 0.244 e. The van der Waals surface area contributed by atoms with Crippen molar-refractivity contribution >= 4 is 11.9 Å². The summed E-state index contributed by atoms with van der Waals surface area (Å²) in [6, 6.07) is 7.91. The normalized spacial score (nSPS) is 12.1. The van der Waals surface area contributed by atoms with Gasteiger partial charge in [-0.3, -0.25) is 0 Å². The summed E-state index contributed by atoms with van der Waals surface area (Å²) in [7, 11) is 1.65. The highest BCUT2D eigenvalue weighted by Crippen LogP contribution is 2.19. The minimum absolute atomic E-state index is 0.0936. The number of H-pyrrole nitrogens is 1. The van der Waals surface area contributed by atoms with E-state index in [1.165, 1.54) is 0 Å². The number of hydrogen-bond donors (Lipinski definition) is 3. The largest absolute Gasteiger partial charge is 0.497 e. The number of benzene rings is 1. The van der Waals surface area contributed by atoms with Crippen molar-refractivity contribution in [1.29, 1.82) is 0 Å². The first-order chi connectivity index (χ1) is 8.19. The summed E-state index contributed by atoms with van der Waals surface area (Å²) >= 11 is 0. The molecular weight excluding hydrogens is 218 g/mol. The van der Waals surface area contributed by atoms with Gasteiger partial charge in [-0.05, 0) is 24.6 Å². The van der Waals surface area contributed by atoms with Gasteiger partial charge in [0.15, 0.2) is 0 Å². The predicted molar refractivity (Wildman–Crippen MR) is 65.8 cm³/mol. The molecule has 17 heavy (non-hydrogen) atoms. The number of anilines is 2. The quantitative estimate of drug-likeness (QED) is 0.745. The van der Waals surface area contributed by atoms with Crippen LogP contribution in [0.3, 0.4) is 0 Å².